The van der Waals surface area contributed by atoms with Gasteiger partial charge in [0.1, 0.15) is 6.61 Å². The summed E-state index contributed by atoms with van der Waals surface area (Å²) in [4.78, 5) is 13.0. The molecule has 0 atom stereocenters. The molecule has 0 fully saturated rings. The summed E-state index contributed by atoms with van der Waals surface area (Å²) in [6.45, 7) is 1.38. The maximum atomic E-state index is 12.3. The van der Waals surface area contributed by atoms with E-state index in [0.29, 0.717) is 17.9 Å². The second-order valence-electron chi connectivity index (χ2n) is 3.76. The number of rotatable bonds is 2. The summed E-state index contributed by atoms with van der Waals surface area (Å²) < 4.78 is 5.60. The van der Waals surface area contributed by atoms with Crippen LogP contribution in [-0.4, -0.2) is 18.9 Å². The van der Waals surface area contributed by atoms with Crippen LogP contribution in [0.2, 0.25) is 0 Å². The molecule has 17 heavy (non-hydrogen) atoms. The third kappa shape index (κ3) is 1.80. The maximum Gasteiger partial charge on any atom is 0.206 e. The van der Waals surface area contributed by atoms with Gasteiger partial charge in [0.15, 0.2) is 5.75 Å². The number of ether oxygens (including phenoxy) is 1. The molecule has 0 saturated heterocycles. The van der Waals surface area contributed by atoms with Crippen molar-refractivity contribution in [3.63, 3.8) is 0 Å². The second-order valence-corrected chi connectivity index (χ2v) is 4.71. The van der Waals surface area contributed by atoms with Crippen molar-refractivity contribution in [2.45, 2.75) is 0 Å². The summed E-state index contributed by atoms with van der Waals surface area (Å²) in [5, 5.41) is 5.13. The van der Waals surface area contributed by atoms with Gasteiger partial charge in [0.2, 0.25) is 5.78 Å². The van der Waals surface area contributed by atoms with Crippen LogP contribution in [-0.2, 0) is 0 Å². The fourth-order valence-corrected chi connectivity index (χ4v) is 2.57. The van der Waals surface area contributed by atoms with Crippen LogP contribution in [0.4, 0.5) is 5.69 Å². The van der Waals surface area contributed by atoms with Gasteiger partial charge in [0.05, 0.1) is 16.1 Å². The van der Waals surface area contributed by atoms with Crippen molar-refractivity contribution in [2.24, 2.45) is 0 Å². The molecule has 1 aliphatic heterocycles. The predicted molar refractivity (Wildman–Crippen MR) is 68.2 cm³/mol. The van der Waals surface area contributed by atoms with E-state index in [1.165, 1.54) is 11.3 Å². The number of benzene rings is 1. The van der Waals surface area contributed by atoms with E-state index >= 15 is 0 Å². The Morgan fingerprint density at radius 3 is 3.06 bits per heavy atom. The zero-order chi connectivity index (χ0) is 11.7. The number of carbonyl (C=O) groups excluding carboxylic acids is 1. The van der Waals surface area contributed by atoms with E-state index in [1.54, 1.807) is 0 Å². The molecule has 0 saturated carbocycles. The van der Waals surface area contributed by atoms with Crippen LogP contribution < -0.4 is 10.1 Å². The lowest BCUT2D eigenvalue weighted by Crippen LogP contribution is -2.20. The average Bonchev–Trinajstić information content (AvgIpc) is 2.91. The minimum Gasteiger partial charge on any atom is -0.489 e. The molecule has 0 amide bonds. The fourth-order valence-electron chi connectivity index (χ4n) is 1.89. The highest BCUT2D eigenvalue weighted by molar-refractivity contribution is 7.12. The van der Waals surface area contributed by atoms with E-state index in [9.17, 15) is 4.79 Å². The number of thiophene rings is 1. The van der Waals surface area contributed by atoms with E-state index in [2.05, 4.69) is 5.32 Å². The Balaban J connectivity index is 2.06. The highest BCUT2D eigenvalue weighted by Gasteiger charge is 2.20. The first-order chi connectivity index (χ1) is 8.36. The van der Waals surface area contributed by atoms with E-state index < -0.39 is 0 Å². The lowest BCUT2D eigenvalue weighted by atomic mass is 10.1. The van der Waals surface area contributed by atoms with Gasteiger partial charge < -0.3 is 10.1 Å². The number of ketones is 1. The molecule has 86 valence electrons. The molecule has 0 spiro atoms. The Labute approximate surface area is 103 Å². The monoisotopic (exact) mass is 245 g/mol. The van der Waals surface area contributed by atoms with Gasteiger partial charge in [0, 0.05) is 6.54 Å². The minimum absolute atomic E-state index is 0.0283. The lowest BCUT2D eigenvalue weighted by Gasteiger charge is -2.21. The minimum atomic E-state index is 0.0283. The third-order valence-corrected chi connectivity index (χ3v) is 3.54. The molecule has 1 N–H and O–H groups in total. The second kappa shape index (κ2) is 4.22. The SMILES string of the molecule is O=C(c1cccs1)c1cccc2c1OCCN2. The Hall–Kier alpha value is -1.81. The van der Waals surface area contributed by atoms with E-state index in [0.717, 1.165) is 17.1 Å². The quantitative estimate of drug-likeness (QED) is 0.827. The largest absolute Gasteiger partial charge is 0.489 e. The van der Waals surface area contributed by atoms with Crippen molar-refractivity contribution >= 4 is 22.8 Å². The smallest absolute Gasteiger partial charge is 0.206 e. The molecular formula is C13H11NO2S. The van der Waals surface area contributed by atoms with Gasteiger partial charge in [-0.3, -0.25) is 4.79 Å². The van der Waals surface area contributed by atoms with Gasteiger partial charge in [-0.05, 0) is 23.6 Å². The summed E-state index contributed by atoms with van der Waals surface area (Å²) >= 11 is 1.45. The number of hydrogen-bond acceptors (Lipinski definition) is 4. The number of fused-ring (bicyclic) bond motifs is 1. The van der Waals surface area contributed by atoms with Crippen molar-refractivity contribution in [3.05, 3.63) is 46.2 Å². The molecule has 0 unspecified atom stereocenters. The molecule has 1 aromatic carbocycles. The molecule has 0 aliphatic carbocycles. The number of para-hydroxylation sites is 1. The van der Waals surface area contributed by atoms with Crippen LogP contribution in [0.15, 0.2) is 35.7 Å². The zero-order valence-corrected chi connectivity index (χ0v) is 9.92. The first kappa shape index (κ1) is 10.4. The maximum absolute atomic E-state index is 12.3. The fraction of sp³-hybridized carbons (Fsp3) is 0.154. The van der Waals surface area contributed by atoms with Crippen molar-refractivity contribution < 1.29 is 9.53 Å². The highest BCUT2D eigenvalue weighted by atomic mass is 32.1. The van der Waals surface area contributed by atoms with Gasteiger partial charge in [-0.2, -0.15) is 0 Å². The van der Waals surface area contributed by atoms with Crippen molar-refractivity contribution in [1.82, 2.24) is 0 Å². The summed E-state index contributed by atoms with van der Waals surface area (Å²) in [5.41, 5.74) is 1.54. The molecule has 1 aromatic heterocycles. The Morgan fingerprint density at radius 2 is 2.24 bits per heavy atom. The summed E-state index contributed by atoms with van der Waals surface area (Å²) in [6, 6.07) is 9.34. The molecule has 2 aromatic rings. The average molecular weight is 245 g/mol. The molecule has 2 heterocycles. The number of hydrogen-bond donors (Lipinski definition) is 1. The molecule has 0 radical (unpaired) electrons. The molecule has 3 nitrogen and oxygen atoms in total. The molecule has 4 heteroatoms. The van der Waals surface area contributed by atoms with Gasteiger partial charge in [-0.15, -0.1) is 11.3 Å². The normalized spacial score (nSPS) is 13.4. The zero-order valence-electron chi connectivity index (χ0n) is 9.10. The Kier molecular flexibility index (Phi) is 2.57. The number of anilines is 1. The highest BCUT2D eigenvalue weighted by Crippen LogP contribution is 2.33. The Morgan fingerprint density at radius 1 is 1.29 bits per heavy atom. The van der Waals surface area contributed by atoms with E-state index in [-0.39, 0.29) is 5.78 Å². The molecular weight excluding hydrogens is 234 g/mol. The lowest BCUT2D eigenvalue weighted by molar-refractivity contribution is 0.103. The van der Waals surface area contributed by atoms with Crippen LogP contribution in [0, 0.1) is 0 Å². The first-order valence-corrected chi connectivity index (χ1v) is 6.32. The predicted octanol–water partition coefficient (Wildman–Crippen LogP) is 2.78. The van der Waals surface area contributed by atoms with E-state index in [1.807, 2.05) is 35.7 Å². The third-order valence-electron chi connectivity index (χ3n) is 2.67. The number of nitrogens with one attached hydrogen (secondary N) is 1. The van der Waals surface area contributed by atoms with Gasteiger partial charge in [0.25, 0.3) is 0 Å². The van der Waals surface area contributed by atoms with Crippen LogP contribution >= 0.6 is 11.3 Å². The van der Waals surface area contributed by atoms with Crippen molar-refractivity contribution in [2.75, 3.05) is 18.5 Å². The van der Waals surface area contributed by atoms with Crippen LogP contribution in [0.1, 0.15) is 15.2 Å². The van der Waals surface area contributed by atoms with Gasteiger partial charge in [-0.1, -0.05) is 12.1 Å². The summed E-state index contributed by atoms with van der Waals surface area (Å²) in [6.07, 6.45) is 0. The van der Waals surface area contributed by atoms with Crippen LogP contribution in [0.3, 0.4) is 0 Å². The first-order valence-electron chi connectivity index (χ1n) is 5.44. The Bertz CT molecular complexity index is 549. The van der Waals surface area contributed by atoms with Crippen molar-refractivity contribution in [3.8, 4) is 5.75 Å². The van der Waals surface area contributed by atoms with Crippen LogP contribution in [0.5, 0.6) is 5.75 Å². The van der Waals surface area contributed by atoms with Gasteiger partial charge >= 0.3 is 0 Å². The van der Waals surface area contributed by atoms with Gasteiger partial charge in [-0.25, -0.2) is 0 Å². The molecule has 0 bridgehead atoms. The summed E-state index contributed by atoms with van der Waals surface area (Å²) in [7, 11) is 0. The standard InChI is InChI=1S/C13H11NO2S/c15-12(11-5-2-8-17-11)9-3-1-4-10-13(9)16-7-6-14-10/h1-5,8,14H,6-7H2. The van der Waals surface area contributed by atoms with Crippen molar-refractivity contribution in [1.29, 1.82) is 0 Å². The molecule has 3 rings (SSSR count). The topological polar surface area (TPSA) is 38.3 Å². The summed E-state index contributed by atoms with van der Waals surface area (Å²) in [5.74, 6) is 0.706. The van der Waals surface area contributed by atoms with E-state index in [4.69, 9.17) is 4.74 Å². The molecule has 1 aliphatic rings. The van der Waals surface area contributed by atoms with Crippen LogP contribution in [0.25, 0.3) is 0 Å². The number of carbonyl (C=O) groups is 1.